The molecule has 0 aromatic heterocycles. The van der Waals surface area contributed by atoms with Crippen molar-refractivity contribution in [3.05, 3.63) is 35.9 Å². The summed E-state index contributed by atoms with van der Waals surface area (Å²) in [6.45, 7) is 6.86. The molecule has 1 amide bonds. The minimum Gasteiger partial charge on any atom is -0.480 e. The highest BCUT2D eigenvalue weighted by molar-refractivity contribution is 7.99. The first-order chi connectivity index (χ1) is 11.5. The van der Waals surface area contributed by atoms with Gasteiger partial charge in [-0.3, -0.25) is 0 Å². The predicted octanol–water partition coefficient (Wildman–Crippen LogP) is 3.00. The molecule has 0 radical (unpaired) electrons. The molecule has 25 heavy (non-hydrogen) atoms. The Bertz CT molecular complexity index is 569. The van der Waals surface area contributed by atoms with Crippen LogP contribution >= 0.6 is 11.8 Å². The van der Waals surface area contributed by atoms with Crippen molar-refractivity contribution in [3.8, 4) is 0 Å². The fraction of sp³-hybridized carbons (Fsp3) is 0.556. The highest BCUT2D eigenvalue weighted by Crippen LogP contribution is 2.25. The summed E-state index contributed by atoms with van der Waals surface area (Å²) in [5.41, 5.74) is -0.872. The molecule has 0 saturated heterocycles. The monoisotopic (exact) mass is 369 g/mol. The molecule has 7 heteroatoms. The summed E-state index contributed by atoms with van der Waals surface area (Å²) in [5.74, 6) is -0.202. The van der Waals surface area contributed by atoms with Crippen LogP contribution in [0.3, 0.4) is 0 Å². The minimum absolute atomic E-state index is 0.240. The maximum absolute atomic E-state index is 11.7. The summed E-state index contributed by atoms with van der Waals surface area (Å²) >= 11 is 1.44. The van der Waals surface area contributed by atoms with Crippen molar-refractivity contribution < 1.29 is 24.5 Å². The molecule has 0 saturated carbocycles. The van der Waals surface area contributed by atoms with Crippen molar-refractivity contribution in [1.29, 1.82) is 0 Å². The van der Waals surface area contributed by atoms with E-state index in [4.69, 9.17) is 4.74 Å². The number of carbonyl (C=O) groups excluding carboxylic acids is 1. The Labute approximate surface area is 153 Å². The number of amides is 1. The van der Waals surface area contributed by atoms with Gasteiger partial charge < -0.3 is 20.3 Å². The number of hydrogen-bond acceptors (Lipinski definition) is 5. The number of aliphatic hydroxyl groups is 1. The van der Waals surface area contributed by atoms with E-state index in [1.54, 1.807) is 27.7 Å². The van der Waals surface area contributed by atoms with Gasteiger partial charge in [-0.1, -0.05) is 30.3 Å². The van der Waals surface area contributed by atoms with E-state index in [0.717, 1.165) is 5.56 Å². The fourth-order valence-corrected chi connectivity index (χ4v) is 3.17. The second kappa shape index (κ2) is 9.10. The van der Waals surface area contributed by atoms with Gasteiger partial charge in [0.1, 0.15) is 11.6 Å². The van der Waals surface area contributed by atoms with Crippen molar-refractivity contribution >= 4 is 23.8 Å². The average Bonchev–Trinajstić information content (AvgIpc) is 2.49. The van der Waals surface area contributed by atoms with Crippen molar-refractivity contribution in [2.24, 2.45) is 0 Å². The number of carbonyl (C=O) groups is 2. The van der Waals surface area contributed by atoms with Crippen LogP contribution in [0.25, 0.3) is 0 Å². The first-order valence-corrected chi connectivity index (χ1v) is 9.25. The van der Waals surface area contributed by atoms with E-state index in [9.17, 15) is 19.8 Å². The van der Waals surface area contributed by atoms with Crippen LogP contribution in [0.5, 0.6) is 0 Å². The molecule has 6 nitrogen and oxygen atoms in total. The number of carboxylic acids is 1. The average molecular weight is 369 g/mol. The molecule has 0 aliphatic carbocycles. The molecule has 1 aromatic carbocycles. The number of thioether (sulfide) groups is 1. The largest absolute Gasteiger partial charge is 0.480 e. The molecule has 1 aromatic rings. The number of rotatable bonds is 8. The smallest absolute Gasteiger partial charge is 0.408 e. The van der Waals surface area contributed by atoms with Gasteiger partial charge in [0.25, 0.3) is 0 Å². The summed E-state index contributed by atoms with van der Waals surface area (Å²) in [7, 11) is 0. The van der Waals surface area contributed by atoms with Crippen LogP contribution in [0.15, 0.2) is 30.3 Å². The van der Waals surface area contributed by atoms with E-state index in [2.05, 4.69) is 5.32 Å². The number of benzene rings is 1. The standard InChI is InChI=1S/C18H27NO5S/c1-17(2,3)24-16(22)19-14(15(20)21)10-11-25-12-18(4,23)13-8-6-5-7-9-13/h5-9,14,23H,10-12H2,1-4H3,(H,19,22)(H,20,21). The number of hydrogen-bond donors (Lipinski definition) is 3. The van der Waals surface area contributed by atoms with Gasteiger partial charge >= 0.3 is 12.1 Å². The van der Waals surface area contributed by atoms with E-state index in [1.807, 2.05) is 30.3 Å². The van der Waals surface area contributed by atoms with Crippen LogP contribution in [0.4, 0.5) is 4.79 Å². The quantitative estimate of drug-likeness (QED) is 0.610. The van der Waals surface area contributed by atoms with Crippen molar-refractivity contribution in [1.82, 2.24) is 5.32 Å². The van der Waals surface area contributed by atoms with E-state index in [-0.39, 0.29) is 6.42 Å². The first-order valence-electron chi connectivity index (χ1n) is 8.09. The van der Waals surface area contributed by atoms with Gasteiger partial charge in [-0.15, -0.1) is 0 Å². The Hall–Kier alpha value is -1.73. The zero-order chi connectivity index (χ0) is 19.1. The van der Waals surface area contributed by atoms with Crippen molar-refractivity contribution in [2.75, 3.05) is 11.5 Å². The first kappa shape index (κ1) is 21.3. The van der Waals surface area contributed by atoms with Gasteiger partial charge in [0.15, 0.2) is 0 Å². The van der Waals surface area contributed by atoms with Crippen LogP contribution < -0.4 is 5.32 Å². The van der Waals surface area contributed by atoms with Crippen LogP contribution in [0, 0.1) is 0 Å². The second-order valence-corrected chi connectivity index (χ2v) is 8.12. The normalized spacial score (nSPS) is 15.1. The Morgan fingerprint density at radius 3 is 2.32 bits per heavy atom. The van der Waals surface area contributed by atoms with Gasteiger partial charge in [0.2, 0.25) is 0 Å². The number of alkyl carbamates (subject to hydrolysis) is 1. The second-order valence-electron chi connectivity index (χ2n) is 7.02. The van der Waals surface area contributed by atoms with Crippen LogP contribution in [-0.2, 0) is 15.1 Å². The molecule has 2 atom stereocenters. The molecule has 1 rings (SSSR count). The third-order valence-corrected chi connectivity index (χ3v) is 4.61. The van der Waals surface area contributed by atoms with Crippen LogP contribution in [-0.4, -0.2) is 45.4 Å². The lowest BCUT2D eigenvalue weighted by Crippen LogP contribution is -2.43. The molecule has 0 aliphatic heterocycles. The van der Waals surface area contributed by atoms with Gasteiger partial charge in [0.05, 0.1) is 5.60 Å². The van der Waals surface area contributed by atoms with E-state index in [0.29, 0.717) is 11.5 Å². The number of aliphatic carboxylic acids is 1. The molecule has 0 fully saturated rings. The van der Waals surface area contributed by atoms with Crippen molar-refractivity contribution in [2.45, 2.75) is 51.4 Å². The molecule has 0 bridgehead atoms. The van der Waals surface area contributed by atoms with Gasteiger partial charge in [-0.25, -0.2) is 9.59 Å². The lowest BCUT2D eigenvalue weighted by Gasteiger charge is -2.24. The summed E-state index contributed by atoms with van der Waals surface area (Å²) < 4.78 is 5.08. The summed E-state index contributed by atoms with van der Waals surface area (Å²) in [6, 6.07) is 8.28. The molecule has 0 heterocycles. The van der Waals surface area contributed by atoms with Crippen LogP contribution in [0.2, 0.25) is 0 Å². The fourth-order valence-electron chi connectivity index (χ4n) is 2.06. The maximum atomic E-state index is 11.7. The van der Waals surface area contributed by atoms with Gasteiger partial charge in [-0.2, -0.15) is 11.8 Å². The van der Waals surface area contributed by atoms with E-state index in [1.165, 1.54) is 11.8 Å². The van der Waals surface area contributed by atoms with Crippen molar-refractivity contribution in [3.63, 3.8) is 0 Å². The third-order valence-electron chi connectivity index (χ3n) is 3.32. The number of nitrogens with one attached hydrogen (secondary N) is 1. The highest BCUT2D eigenvalue weighted by atomic mass is 32.2. The maximum Gasteiger partial charge on any atom is 0.408 e. The number of ether oxygens (including phenoxy) is 1. The summed E-state index contributed by atoms with van der Waals surface area (Å²) in [6.07, 6.45) is -0.509. The molecule has 140 valence electrons. The molecule has 0 spiro atoms. The lowest BCUT2D eigenvalue weighted by atomic mass is 9.99. The molecule has 0 aliphatic rings. The minimum atomic E-state index is -1.11. The zero-order valence-electron chi connectivity index (χ0n) is 15.1. The van der Waals surface area contributed by atoms with Gasteiger partial charge in [0, 0.05) is 5.75 Å². The molecule has 3 N–H and O–H groups in total. The lowest BCUT2D eigenvalue weighted by molar-refractivity contribution is -0.139. The molecular formula is C18H27NO5S. The number of carboxylic acid groups (broad SMARTS) is 1. The highest BCUT2D eigenvalue weighted by Gasteiger charge is 2.25. The summed E-state index contributed by atoms with van der Waals surface area (Å²) in [5, 5.41) is 22.1. The summed E-state index contributed by atoms with van der Waals surface area (Å²) in [4.78, 5) is 23.0. The Morgan fingerprint density at radius 2 is 1.80 bits per heavy atom. The van der Waals surface area contributed by atoms with E-state index < -0.39 is 29.3 Å². The molecular weight excluding hydrogens is 342 g/mol. The topological polar surface area (TPSA) is 95.9 Å². The predicted molar refractivity (Wildman–Crippen MR) is 98.7 cm³/mol. The molecule has 2 unspecified atom stereocenters. The van der Waals surface area contributed by atoms with E-state index >= 15 is 0 Å². The Kier molecular flexibility index (Phi) is 7.76. The Morgan fingerprint density at radius 1 is 1.20 bits per heavy atom. The SMILES string of the molecule is CC(C)(C)OC(=O)NC(CCSCC(C)(O)c1ccccc1)C(=O)O. The Balaban J connectivity index is 2.45. The third kappa shape index (κ3) is 8.27. The zero-order valence-corrected chi connectivity index (χ0v) is 15.9. The van der Waals surface area contributed by atoms with Crippen LogP contribution in [0.1, 0.15) is 39.7 Å². The van der Waals surface area contributed by atoms with Gasteiger partial charge in [-0.05, 0) is 45.4 Å².